The zero-order valence-corrected chi connectivity index (χ0v) is 14.4. The van der Waals surface area contributed by atoms with Gasteiger partial charge in [-0.25, -0.2) is 0 Å². The first-order chi connectivity index (χ1) is 9.74. The third kappa shape index (κ3) is 1.81. The van der Waals surface area contributed by atoms with E-state index in [1.807, 2.05) is 0 Å². The lowest BCUT2D eigenvalue weighted by atomic mass is 9.75. The van der Waals surface area contributed by atoms with E-state index in [4.69, 9.17) is 9.47 Å². The number of hydrogen-bond acceptors (Lipinski definition) is 2. The molecule has 1 fully saturated rings. The normalized spacial score (nSPS) is 34.6. The summed E-state index contributed by atoms with van der Waals surface area (Å²) in [6.07, 6.45) is 6.33. The van der Waals surface area contributed by atoms with Crippen molar-refractivity contribution in [2.45, 2.75) is 37.8 Å². The van der Waals surface area contributed by atoms with Gasteiger partial charge in [0.25, 0.3) is 0 Å². The third-order valence-corrected chi connectivity index (χ3v) is 5.79. The van der Waals surface area contributed by atoms with Crippen LogP contribution in [0, 0.1) is 0 Å². The summed E-state index contributed by atoms with van der Waals surface area (Å²) in [5.74, 6) is 2.58. The Balaban J connectivity index is 0.00000115. The molecule has 3 aliphatic heterocycles. The Morgan fingerprint density at radius 2 is 2.00 bits per heavy atom. The number of hydrogen-bond donors (Lipinski definition) is 0. The molecule has 0 aromatic heterocycles. The van der Waals surface area contributed by atoms with Crippen LogP contribution in [0.3, 0.4) is 0 Å². The first-order valence-corrected chi connectivity index (χ1v) is 7.70. The quantitative estimate of drug-likeness (QED) is 0.348. The van der Waals surface area contributed by atoms with Crippen molar-refractivity contribution in [2.75, 3.05) is 20.4 Å². The molecule has 0 saturated carbocycles. The highest BCUT2D eigenvalue weighted by atomic mass is 127. The Morgan fingerprint density at radius 1 is 1.19 bits per heavy atom. The van der Waals surface area contributed by atoms with Crippen LogP contribution in [-0.2, 0) is 6.54 Å². The number of likely N-dealkylation sites (N-methyl/N-ethyl adjacent to an activating group) is 1. The Morgan fingerprint density at radius 3 is 2.86 bits per heavy atom. The van der Waals surface area contributed by atoms with Gasteiger partial charge in [-0.3, -0.25) is 0 Å². The SMILES string of the molecule is C[N+]12CCC3=CCC[C@@H](c4cc5c(cc4C1)OCO5)C32.[I-]. The van der Waals surface area contributed by atoms with Gasteiger partial charge in [-0.1, -0.05) is 6.08 Å². The largest absolute Gasteiger partial charge is 1.00 e. The summed E-state index contributed by atoms with van der Waals surface area (Å²) in [5, 5.41) is 0. The van der Waals surface area contributed by atoms with Crippen molar-refractivity contribution in [3.8, 4) is 11.5 Å². The maximum atomic E-state index is 5.60. The average Bonchev–Trinajstić information content (AvgIpc) is 3.03. The van der Waals surface area contributed by atoms with Crippen molar-refractivity contribution in [2.24, 2.45) is 0 Å². The van der Waals surface area contributed by atoms with Crippen molar-refractivity contribution < 1.29 is 37.9 Å². The van der Waals surface area contributed by atoms with Crippen molar-refractivity contribution in [1.29, 1.82) is 0 Å². The molecule has 1 saturated heterocycles. The molecule has 4 aliphatic rings. The number of rotatable bonds is 0. The van der Waals surface area contributed by atoms with Crippen LogP contribution in [0.2, 0.25) is 0 Å². The molecule has 3 nitrogen and oxygen atoms in total. The van der Waals surface area contributed by atoms with Crippen molar-refractivity contribution in [1.82, 2.24) is 0 Å². The predicted octanol–water partition coefficient (Wildman–Crippen LogP) is -0.0444. The van der Waals surface area contributed by atoms with Crippen LogP contribution in [-0.4, -0.2) is 30.9 Å². The standard InChI is InChI=1S/C17H20NO2.HI/c1-18-6-5-11-3-2-4-13(17(11)18)14-8-16-15(19-10-20-16)7-12(14)9-18;/h3,7-8,13,17H,2,4-6,9-10H2,1H3;1H/q+1;/p-1/t13-,17?,18?;/m0./s1. The molecule has 3 heterocycles. The second-order valence-corrected chi connectivity index (χ2v) is 6.92. The van der Waals surface area contributed by atoms with E-state index < -0.39 is 0 Å². The van der Waals surface area contributed by atoms with Gasteiger partial charge in [0.15, 0.2) is 11.5 Å². The summed E-state index contributed by atoms with van der Waals surface area (Å²) < 4.78 is 12.4. The van der Waals surface area contributed by atoms with E-state index in [0.717, 1.165) is 24.1 Å². The minimum atomic E-state index is 0. The molecular formula is C17H20INO2. The summed E-state index contributed by atoms with van der Waals surface area (Å²) in [6.45, 7) is 2.81. The van der Waals surface area contributed by atoms with E-state index in [2.05, 4.69) is 25.3 Å². The number of allylic oxidation sites excluding steroid dienone is 1. The molecule has 112 valence electrons. The topological polar surface area (TPSA) is 18.5 Å². The van der Waals surface area contributed by atoms with E-state index in [1.54, 1.807) is 5.57 Å². The predicted molar refractivity (Wildman–Crippen MR) is 75.8 cm³/mol. The van der Waals surface area contributed by atoms with Gasteiger partial charge in [-0.15, -0.1) is 0 Å². The minimum Gasteiger partial charge on any atom is -1.00 e. The second kappa shape index (κ2) is 4.62. The number of benzene rings is 1. The fourth-order valence-corrected chi connectivity index (χ4v) is 4.97. The van der Waals surface area contributed by atoms with E-state index in [9.17, 15) is 0 Å². The minimum absolute atomic E-state index is 0. The fraction of sp³-hybridized carbons (Fsp3) is 0.529. The Kier molecular flexibility index (Phi) is 3.05. The molecule has 3 atom stereocenters. The highest BCUT2D eigenvalue weighted by Gasteiger charge is 2.51. The van der Waals surface area contributed by atoms with Gasteiger partial charge in [0.05, 0.1) is 13.6 Å². The van der Waals surface area contributed by atoms with Crippen LogP contribution in [0.25, 0.3) is 0 Å². The number of halogens is 1. The lowest BCUT2D eigenvalue weighted by Crippen LogP contribution is -3.00. The van der Waals surface area contributed by atoms with E-state index in [0.29, 0.717) is 12.7 Å². The number of ether oxygens (including phenoxy) is 2. The monoisotopic (exact) mass is 397 g/mol. The van der Waals surface area contributed by atoms with Crippen LogP contribution < -0.4 is 33.5 Å². The zero-order chi connectivity index (χ0) is 13.3. The average molecular weight is 397 g/mol. The molecule has 0 spiro atoms. The van der Waals surface area contributed by atoms with Crippen LogP contribution >= 0.6 is 0 Å². The molecule has 1 aromatic rings. The Bertz CT molecular complexity index is 642. The Hall–Kier alpha value is -0.750. The molecule has 0 radical (unpaired) electrons. The second-order valence-electron chi connectivity index (χ2n) is 6.92. The van der Waals surface area contributed by atoms with Gasteiger partial charge in [0.2, 0.25) is 6.79 Å². The summed E-state index contributed by atoms with van der Waals surface area (Å²) >= 11 is 0. The van der Waals surface area contributed by atoms with E-state index >= 15 is 0 Å². The number of fused-ring (bicyclic) bond motifs is 3. The molecule has 1 aliphatic carbocycles. The Labute approximate surface area is 142 Å². The van der Waals surface area contributed by atoms with Crippen molar-refractivity contribution >= 4 is 0 Å². The van der Waals surface area contributed by atoms with Crippen LogP contribution in [0.5, 0.6) is 11.5 Å². The van der Waals surface area contributed by atoms with Crippen LogP contribution in [0.4, 0.5) is 0 Å². The molecule has 2 unspecified atom stereocenters. The van der Waals surface area contributed by atoms with Crippen molar-refractivity contribution in [3.05, 3.63) is 34.9 Å². The summed E-state index contributed by atoms with van der Waals surface area (Å²) in [6, 6.07) is 5.23. The molecule has 4 heteroatoms. The molecular weight excluding hydrogens is 377 g/mol. The number of quaternary nitrogens is 1. The smallest absolute Gasteiger partial charge is 0.231 e. The summed E-state index contributed by atoms with van der Waals surface area (Å²) in [4.78, 5) is 0. The summed E-state index contributed by atoms with van der Waals surface area (Å²) in [7, 11) is 2.44. The first-order valence-electron chi connectivity index (χ1n) is 7.70. The molecule has 0 amide bonds. The van der Waals surface area contributed by atoms with Gasteiger partial charge < -0.3 is 37.9 Å². The first kappa shape index (κ1) is 13.9. The molecule has 21 heavy (non-hydrogen) atoms. The summed E-state index contributed by atoms with van der Waals surface area (Å²) in [5.41, 5.74) is 4.73. The highest BCUT2D eigenvalue weighted by Crippen LogP contribution is 2.52. The molecule has 1 aromatic carbocycles. The third-order valence-electron chi connectivity index (χ3n) is 5.79. The van der Waals surface area contributed by atoms with Crippen molar-refractivity contribution in [3.63, 3.8) is 0 Å². The maximum absolute atomic E-state index is 5.60. The lowest BCUT2D eigenvalue weighted by Gasteiger charge is -2.46. The molecule has 0 bridgehead atoms. The highest BCUT2D eigenvalue weighted by molar-refractivity contribution is 5.51. The molecule has 0 N–H and O–H groups in total. The molecule has 5 rings (SSSR count). The zero-order valence-electron chi connectivity index (χ0n) is 12.3. The van der Waals surface area contributed by atoms with Gasteiger partial charge in [0, 0.05) is 17.9 Å². The lowest BCUT2D eigenvalue weighted by molar-refractivity contribution is -0.935. The van der Waals surface area contributed by atoms with E-state index in [1.165, 1.54) is 41.4 Å². The van der Waals surface area contributed by atoms with E-state index in [-0.39, 0.29) is 24.0 Å². The van der Waals surface area contributed by atoms with Crippen LogP contribution in [0.15, 0.2) is 23.8 Å². The van der Waals surface area contributed by atoms with Gasteiger partial charge in [-0.05, 0) is 36.1 Å². The van der Waals surface area contributed by atoms with Gasteiger partial charge in [-0.2, -0.15) is 0 Å². The fourth-order valence-electron chi connectivity index (χ4n) is 4.97. The number of nitrogens with zero attached hydrogens (tertiary/aromatic N) is 1. The van der Waals surface area contributed by atoms with Gasteiger partial charge >= 0.3 is 0 Å². The van der Waals surface area contributed by atoms with Crippen LogP contribution in [0.1, 0.15) is 36.3 Å². The maximum Gasteiger partial charge on any atom is 0.231 e. The van der Waals surface area contributed by atoms with Gasteiger partial charge in [0.1, 0.15) is 12.6 Å².